The van der Waals surface area contributed by atoms with E-state index >= 15 is 0 Å². The molecule has 1 N–H and O–H groups in total. The van der Waals surface area contributed by atoms with E-state index < -0.39 is 9.84 Å². The van der Waals surface area contributed by atoms with Crippen LogP contribution in [-0.4, -0.2) is 58.6 Å². The van der Waals surface area contributed by atoms with Gasteiger partial charge in [0.2, 0.25) is 9.84 Å². The summed E-state index contributed by atoms with van der Waals surface area (Å²) in [5.41, 5.74) is 0. The van der Waals surface area contributed by atoms with Crippen molar-refractivity contribution in [3.05, 3.63) is 47.3 Å². The van der Waals surface area contributed by atoms with Crippen molar-refractivity contribution in [2.24, 2.45) is 0 Å². The van der Waals surface area contributed by atoms with Crippen molar-refractivity contribution in [3.8, 4) is 0 Å². The Hall–Kier alpha value is -1.74. The quantitative estimate of drug-likeness (QED) is 0.825. The van der Waals surface area contributed by atoms with Gasteiger partial charge in [-0.1, -0.05) is 18.2 Å². The third kappa shape index (κ3) is 4.46. The maximum Gasteiger partial charge on any atom is 0.261 e. The molecule has 0 atom stereocenters. The molecule has 25 heavy (non-hydrogen) atoms. The Morgan fingerprint density at radius 2 is 1.84 bits per heavy atom. The van der Waals surface area contributed by atoms with Gasteiger partial charge in [0.25, 0.3) is 5.91 Å². The summed E-state index contributed by atoms with van der Waals surface area (Å²) in [5.74, 6) is -0.243. The first-order chi connectivity index (χ1) is 12.1. The zero-order valence-electron chi connectivity index (χ0n) is 13.7. The minimum atomic E-state index is -3.57. The van der Waals surface area contributed by atoms with Crippen LogP contribution in [0.5, 0.6) is 0 Å². The molecule has 134 valence electrons. The summed E-state index contributed by atoms with van der Waals surface area (Å²) in [7, 11) is -3.57. The average Bonchev–Trinajstić information content (AvgIpc) is 3.14. The van der Waals surface area contributed by atoms with Gasteiger partial charge in [-0.15, -0.1) is 11.3 Å². The fourth-order valence-electron chi connectivity index (χ4n) is 2.54. The lowest BCUT2D eigenvalue weighted by molar-refractivity contribution is 0.0383. The summed E-state index contributed by atoms with van der Waals surface area (Å²) in [6, 6.07) is 11.3. The molecule has 1 aromatic carbocycles. The molecule has 0 aliphatic carbocycles. The number of hydrogen-bond donors (Lipinski definition) is 1. The number of amides is 1. The van der Waals surface area contributed by atoms with Gasteiger partial charge in [0.05, 0.1) is 23.0 Å². The Morgan fingerprint density at radius 1 is 1.12 bits per heavy atom. The SMILES string of the molecule is O=C(NCCN1CCOCC1)c1ccc(S(=O)(=O)c2ccccc2)s1. The Kier molecular flexibility index (Phi) is 5.85. The van der Waals surface area contributed by atoms with Crippen molar-refractivity contribution < 1.29 is 17.9 Å². The van der Waals surface area contributed by atoms with E-state index in [9.17, 15) is 13.2 Å². The first-order valence-electron chi connectivity index (χ1n) is 8.05. The maximum absolute atomic E-state index is 12.6. The van der Waals surface area contributed by atoms with Crippen LogP contribution in [0, 0.1) is 0 Å². The van der Waals surface area contributed by atoms with Gasteiger partial charge in [0.1, 0.15) is 4.21 Å². The normalized spacial score (nSPS) is 15.8. The van der Waals surface area contributed by atoms with Crippen molar-refractivity contribution in [1.82, 2.24) is 10.2 Å². The van der Waals surface area contributed by atoms with Gasteiger partial charge in [-0.05, 0) is 24.3 Å². The Bertz CT molecular complexity index is 812. The highest BCUT2D eigenvalue weighted by Crippen LogP contribution is 2.27. The van der Waals surface area contributed by atoms with E-state index in [-0.39, 0.29) is 15.0 Å². The molecule has 1 saturated heterocycles. The Labute approximate surface area is 151 Å². The molecule has 6 nitrogen and oxygen atoms in total. The van der Waals surface area contributed by atoms with Crippen LogP contribution in [0.3, 0.4) is 0 Å². The maximum atomic E-state index is 12.6. The second-order valence-electron chi connectivity index (χ2n) is 5.65. The van der Waals surface area contributed by atoms with Gasteiger partial charge in [0, 0.05) is 26.2 Å². The van der Waals surface area contributed by atoms with E-state index in [4.69, 9.17) is 4.74 Å². The van der Waals surface area contributed by atoms with Gasteiger partial charge in [-0.2, -0.15) is 0 Å². The number of sulfone groups is 1. The van der Waals surface area contributed by atoms with Crippen molar-refractivity contribution >= 4 is 27.1 Å². The minimum Gasteiger partial charge on any atom is -0.379 e. The highest BCUT2D eigenvalue weighted by Gasteiger charge is 2.21. The summed E-state index contributed by atoms with van der Waals surface area (Å²) in [5, 5.41) is 2.84. The van der Waals surface area contributed by atoms with E-state index in [1.54, 1.807) is 36.4 Å². The van der Waals surface area contributed by atoms with Gasteiger partial charge >= 0.3 is 0 Å². The second kappa shape index (κ2) is 8.09. The number of thiophene rings is 1. The number of nitrogens with one attached hydrogen (secondary N) is 1. The minimum absolute atomic E-state index is 0.178. The first kappa shape index (κ1) is 18.1. The van der Waals surface area contributed by atoms with Gasteiger partial charge < -0.3 is 10.1 Å². The number of hydrogen-bond acceptors (Lipinski definition) is 6. The van der Waals surface area contributed by atoms with Gasteiger partial charge in [0.15, 0.2) is 0 Å². The molecule has 1 fully saturated rings. The highest BCUT2D eigenvalue weighted by molar-refractivity contribution is 7.93. The molecule has 2 aromatic rings. The molecule has 0 radical (unpaired) electrons. The molecule has 3 rings (SSSR count). The number of carbonyl (C=O) groups is 1. The lowest BCUT2D eigenvalue weighted by Crippen LogP contribution is -2.41. The zero-order chi connectivity index (χ0) is 17.7. The van der Waals surface area contributed by atoms with Crippen LogP contribution in [0.4, 0.5) is 0 Å². The molecule has 0 bridgehead atoms. The molecule has 8 heteroatoms. The number of rotatable bonds is 6. The fourth-order valence-corrected chi connectivity index (χ4v) is 5.19. The summed E-state index contributed by atoms with van der Waals surface area (Å²) >= 11 is 0.995. The third-order valence-electron chi connectivity index (χ3n) is 3.94. The number of morpholine rings is 1. The topological polar surface area (TPSA) is 75.7 Å². The molecular formula is C17H20N2O4S2. The predicted octanol–water partition coefficient (Wildman–Crippen LogP) is 1.64. The fraction of sp³-hybridized carbons (Fsp3) is 0.353. The van der Waals surface area contributed by atoms with Crippen molar-refractivity contribution in [2.45, 2.75) is 9.10 Å². The molecule has 1 aliphatic rings. The smallest absolute Gasteiger partial charge is 0.261 e. The summed E-state index contributed by atoms with van der Waals surface area (Å²) in [4.78, 5) is 15.1. The van der Waals surface area contributed by atoms with Crippen molar-refractivity contribution in [3.63, 3.8) is 0 Å². The predicted molar refractivity (Wildman–Crippen MR) is 95.8 cm³/mol. The lowest BCUT2D eigenvalue weighted by Gasteiger charge is -2.26. The molecule has 2 heterocycles. The average molecular weight is 380 g/mol. The summed E-state index contributed by atoms with van der Waals surface area (Å²) in [6.07, 6.45) is 0. The van der Waals surface area contributed by atoms with Crippen molar-refractivity contribution in [2.75, 3.05) is 39.4 Å². The zero-order valence-corrected chi connectivity index (χ0v) is 15.3. The molecule has 0 spiro atoms. The third-order valence-corrected chi connectivity index (χ3v) is 7.29. The Balaban J connectivity index is 1.60. The largest absolute Gasteiger partial charge is 0.379 e. The molecule has 1 aliphatic heterocycles. The molecular weight excluding hydrogens is 360 g/mol. The summed E-state index contributed by atoms with van der Waals surface area (Å²) in [6.45, 7) is 4.47. The number of carbonyl (C=O) groups excluding carboxylic acids is 1. The second-order valence-corrected chi connectivity index (χ2v) is 8.91. The van der Waals surface area contributed by atoms with Crippen molar-refractivity contribution in [1.29, 1.82) is 0 Å². The molecule has 0 unspecified atom stereocenters. The van der Waals surface area contributed by atoms with Gasteiger partial charge in [-0.3, -0.25) is 9.69 Å². The van der Waals surface area contributed by atoms with Crippen LogP contribution in [0.1, 0.15) is 9.67 Å². The number of benzene rings is 1. The van der Waals surface area contributed by atoms with E-state index in [0.717, 1.165) is 44.2 Å². The van der Waals surface area contributed by atoms with E-state index in [1.807, 2.05) is 0 Å². The first-order valence-corrected chi connectivity index (χ1v) is 10.4. The van der Waals surface area contributed by atoms with E-state index in [0.29, 0.717) is 11.4 Å². The Morgan fingerprint density at radius 3 is 2.56 bits per heavy atom. The van der Waals surface area contributed by atoms with Gasteiger partial charge in [-0.25, -0.2) is 8.42 Å². The van der Waals surface area contributed by atoms with Crippen LogP contribution in [0.15, 0.2) is 51.6 Å². The van der Waals surface area contributed by atoms with Crippen LogP contribution < -0.4 is 5.32 Å². The molecule has 1 amide bonds. The number of nitrogens with zero attached hydrogens (tertiary/aromatic N) is 1. The standard InChI is InChI=1S/C17H20N2O4S2/c20-17(18-8-9-19-10-12-23-13-11-19)15-6-7-16(24-15)25(21,22)14-4-2-1-3-5-14/h1-7H,8-13H2,(H,18,20). The van der Waals surface area contributed by atoms with Crippen LogP contribution in [-0.2, 0) is 14.6 Å². The van der Waals surface area contributed by atoms with Crippen LogP contribution in [0.2, 0.25) is 0 Å². The van der Waals surface area contributed by atoms with E-state index in [1.165, 1.54) is 6.07 Å². The lowest BCUT2D eigenvalue weighted by atomic mass is 10.4. The highest BCUT2D eigenvalue weighted by atomic mass is 32.2. The van der Waals surface area contributed by atoms with Crippen LogP contribution >= 0.6 is 11.3 Å². The van der Waals surface area contributed by atoms with E-state index in [2.05, 4.69) is 10.2 Å². The monoisotopic (exact) mass is 380 g/mol. The number of ether oxygens (including phenoxy) is 1. The molecule has 0 saturated carbocycles. The molecule has 1 aromatic heterocycles. The van der Waals surface area contributed by atoms with Crippen LogP contribution in [0.25, 0.3) is 0 Å². The summed E-state index contributed by atoms with van der Waals surface area (Å²) < 4.78 is 30.6.